The lowest BCUT2D eigenvalue weighted by molar-refractivity contribution is 0.263. The Morgan fingerprint density at radius 2 is 2.47 bits per heavy atom. The Bertz CT molecular complexity index is 354. The number of pyridine rings is 1. The van der Waals surface area contributed by atoms with Crippen molar-refractivity contribution in [3.05, 3.63) is 23.5 Å². The molecule has 2 aliphatic rings. The summed E-state index contributed by atoms with van der Waals surface area (Å²) < 4.78 is 5.66. The van der Waals surface area contributed by atoms with Crippen molar-refractivity contribution in [1.82, 2.24) is 10.3 Å². The molecule has 2 heterocycles. The highest BCUT2D eigenvalue weighted by Crippen LogP contribution is 2.45. The molecule has 1 aliphatic carbocycles. The molecule has 3 atom stereocenters. The highest BCUT2D eigenvalue weighted by molar-refractivity contribution is 6.29. The van der Waals surface area contributed by atoms with Gasteiger partial charge in [-0.3, -0.25) is 0 Å². The molecule has 0 aromatic carbocycles. The number of piperidine rings is 1. The summed E-state index contributed by atoms with van der Waals surface area (Å²) in [6, 6.07) is 4.14. The van der Waals surface area contributed by atoms with E-state index in [1.165, 1.54) is 6.42 Å². The Labute approximate surface area is 93.8 Å². The zero-order valence-corrected chi connectivity index (χ0v) is 9.07. The van der Waals surface area contributed by atoms with E-state index in [1.54, 1.807) is 12.3 Å². The fourth-order valence-electron chi connectivity index (χ4n) is 2.27. The van der Waals surface area contributed by atoms with E-state index >= 15 is 0 Å². The summed E-state index contributed by atoms with van der Waals surface area (Å²) in [5, 5.41) is 3.97. The predicted octanol–water partition coefficient (Wildman–Crippen LogP) is 1.72. The number of nitrogens with one attached hydrogen (secondary N) is 1. The quantitative estimate of drug-likeness (QED) is 0.794. The minimum Gasteiger partial charge on any atom is -0.490 e. The molecule has 1 saturated heterocycles. The minimum atomic E-state index is 0.503. The van der Waals surface area contributed by atoms with Gasteiger partial charge in [-0.2, -0.15) is 0 Å². The van der Waals surface area contributed by atoms with Gasteiger partial charge in [0.1, 0.15) is 17.5 Å². The van der Waals surface area contributed by atoms with Crippen LogP contribution in [0.1, 0.15) is 6.42 Å². The van der Waals surface area contributed by atoms with Crippen LogP contribution in [0.3, 0.4) is 0 Å². The molecule has 2 fully saturated rings. The zero-order valence-electron chi connectivity index (χ0n) is 8.32. The van der Waals surface area contributed by atoms with Crippen LogP contribution in [0.15, 0.2) is 18.3 Å². The molecular formula is C11H13ClN2O. The van der Waals surface area contributed by atoms with Crippen LogP contribution in [-0.2, 0) is 0 Å². The molecule has 3 nitrogen and oxygen atoms in total. The molecule has 15 heavy (non-hydrogen) atoms. The van der Waals surface area contributed by atoms with Crippen LogP contribution < -0.4 is 10.1 Å². The van der Waals surface area contributed by atoms with E-state index in [2.05, 4.69) is 10.3 Å². The summed E-state index contributed by atoms with van der Waals surface area (Å²) in [4.78, 5) is 3.97. The number of aromatic nitrogens is 1. The number of nitrogens with zero attached hydrogens (tertiary/aromatic N) is 1. The Kier molecular flexibility index (Phi) is 2.29. The third-order valence-electron chi connectivity index (χ3n) is 3.27. The molecule has 0 radical (unpaired) electrons. The Morgan fingerprint density at radius 3 is 3.07 bits per heavy atom. The number of fused-ring (bicyclic) bond motifs is 1. The standard InChI is InChI=1S/C11H13ClN2O/c12-11-2-1-8(5-14-11)15-6-10-9-3-7(9)4-13-10/h1-2,5,7,9-10,13H,3-4,6H2/t7-,9-,10+/m0/s1. The van der Waals surface area contributed by atoms with Gasteiger partial charge in [0.25, 0.3) is 0 Å². The molecule has 0 amide bonds. The zero-order chi connectivity index (χ0) is 10.3. The van der Waals surface area contributed by atoms with Crippen LogP contribution >= 0.6 is 11.6 Å². The fraction of sp³-hybridized carbons (Fsp3) is 0.545. The number of ether oxygens (including phenoxy) is 1. The molecule has 1 aliphatic heterocycles. The fourth-order valence-corrected chi connectivity index (χ4v) is 2.38. The van der Waals surface area contributed by atoms with Gasteiger partial charge in [0.05, 0.1) is 6.20 Å². The largest absolute Gasteiger partial charge is 0.490 e. The lowest BCUT2D eigenvalue weighted by atomic mass is 10.2. The first kappa shape index (κ1) is 9.43. The summed E-state index contributed by atoms with van der Waals surface area (Å²) in [7, 11) is 0. The number of rotatable bonds is 3. The van der Waals surface area contributed by atoms with Crippen molar-refractivity contribution in [2.24, 2.45) is 11.8 Å². The average molecular weight is 225 g/mol. The second kappa shape index (κ2) is 3.65. The first-order chi connectivity index (χ1) is 7.33. The normalized spacial score (nSPS) is 32.5. The van der Waals surface area contributed by atoms with Crippen LogP contribution in [0.25, 0.3) is 0 Å². The van der Waals surface area contributed by atoms with Gasteiger partial charge < -0.3 is 10.1 Å². The summed E-state index contributed by atoms with van der Waals surface area (Å²) in [5.41, 5.74) is 0. The molecule has 0 unspecified atom stereocenters. The maximum Gasteiger partial charge on any atom is 0.137 e. The van der Waals surface area contributed by atoms with Crippen molar-refractivity contribution in [2.45, 2.75) is 12.5 Å². The van der Waals surface area contributed by atoms with E-state index in [0.29, 0.717) is 11.2 Å². The highest BCUT2D eigenvalue weighted by atomic mass is 35.5. The van der Waals surface area contributed by atoms with Gasteiger partial charge in [-0.1, -0.05) is 11.6 Å². The first-order valence-electron chi connectivity index (χ1n) is 5.30. The molecule has 3 rings (SSSR count). The highest BCUT2D eigenvalue weighted by Gasteiger charge is 2.48. The van der Waals surface area contributed by atoms with Crippen molar-refractivity contribution in [3.8, 4) is 5.75 Å². The van der Waals surface area contributed by atoms with E-state index in [9.17, 15) is 0 Å². The summed E-state index contributed by atoms with van der Waals surface area (Å²) in [6.45, 7) is 1.90. The molecule has 1 N–H and O–H groups in total. The van der Waals surface area contributed by atoms with Crippen LogP contribution in [0.5, 0.6) is 5.75 Å². The third kappa shape index (κ3) is 1.94. The maximum atomic E-state index is 5.69. The molecule has 4 heteroatoms. The van der Waals surface area contributed by atoms with Gasteiger partial charge in [-0.05, 0) is 36.9 Å². The number of hydrogen-bond acceptors (Lipinski definition) is 3. The lowest BCUT2D eigenvalue weighted by Crippen LogP contribution is -2.32. The van der Waals surface area contributed by atoms with Crippen molar-refractivity contribution in [1.29, 1.82) is 0 Å². The second-order valence-electron chi connectivity index (χ2n) is 4.30. The van der Waals surface area contributed by atoms with Crippen molar-refractivity contribution in [3.63, 3.8) is 0 Å². The van der Waals surface area contributed by atoms with Gasteiger partial charge in [0.2, 0.25) is 0 Å². The number of hydrogen-bond donors (Lipinski definition) is 1. The molecular weight excluding hydrogens is 212 g/mol. The smallest absolute Gasteiger partial charge is 0.137 e. The van der Waals surface area contributed by atoms with Crippen molar-refractivity contribution < 1.29 is 4.74 Å². The van der Waals surface area contributed by atoms with Crippen LogP contribution in [0.4, 0.5) is 0 Å². The predicted molar refractivity (Wildman–Crippen MR) is 58.1 cm³/mol. The summed E-state index contributed by atoms with van der Waals surface area (Å²) >= 11 is 5.69. The average Bonchev–Trinajstić information content (AvgIpc) is 2.93. The number of halogens is 1. The van der Waals surface area contributed by atoms with Crippen LogP contribution in [0.2, 0.25) is 5.15 Å². The Morgan fingerprint density at radius 1 is 1.53 bits per heavy atom. The van der Waals surface area contributed by atoms with Crippen LogP contribution in [-0.4, -0.2) is 24.2 Å². The third-order valence-corrected chi connectivity index (χ3v) is 3.49. The van der Waals surface area contributed by atoms with E-state index in [1.807, 2.05) is 6.07 Å². The van der Waals surface area contributed by atoms with Crippen molar-refractivity contribution in [2.75, 3.05) is 13.2 Å². The summed E-state index contributed by atoms with van der Waals surface area (Å²) in [6.07, 6.45) is 3.04. The molecule has 0 spiro atoms. The van der Waals surface area contributed by atoms with E-state index in [0.717, 1.165) is 30.7 Å². The van der Waals surface area contributed by atoms with Gasteiger partial charge >= 0.3 is 0 Å². The Hall–Kier alpha value is -0.800. The van der Waals surface area contributed by atoms with Gasteiger partial charge in [-0.25, -0.2) is 4.98 Å². The first-order valence-corrected chi connectivity index (χ1v) is 5.68. The SMILES string of the molecule is Clc1ccc(OC[C@H]2NC[C@@H]3C[C@@H]32)cn1. The molecule has 0 bridgehead atoms. The Balaban J connectivity index is 1.55. The van der Waals surface area contributed by atoms with E-state index < -0.39 is 0 Å². The van der Waals surface area contributed by atoms with Gasteiger partial charge in [-0.15, -0.1) is 0 Å². The molecule has 80 valence electrons. The van der Waals surface area contributed by atoms with Crippen LogP contribution in [0, 0.1) is 11.8 Å². The van der Waals surface area contributed by atoms with E-state index in [4.69, 9.17) is 16.3 Å². The second-order valence-corrected chi connectivity index (χ2v) is 4.69. The van der Waals surface area contributed by atoms with Gasteiger partial charge in [0.15, 0.2) is 0 Å². The summed E-state index contributed by atoms with van der Waals surface area (Å²) in [5.74, 6) is 2.57. The molecule has 1 saturated carbocycles. The van der Waals surface area contributed by atoms with E-state index in [-0.39, 0.29) is 0 Å². The van der Waals surface area contributed by atoms with Crippen molar-refractivity contribution >= 4 is 11.6 Å². The maximum absolute atomic E-state index is 5.69. The monoisotopic (exact) mass is 224 g/mol. The molecule has 1 aromatic rings. The lowest BCUT2D eigenvalue weighted by Gasteiger charge is -2.14. The molecule has 1 aromatic heterocycles. The topological polar surface area (TPSA) is 34.1 Å². The minimum absolute atomic E-state index is 0.503. The van der Waals surface area contributed by atoms with Gasteiger partial charge in [0, 0.05) is 6.04 Å².